The summed E-state index contributed by atoms with van der Waals surface area (Å²) in [6.45, 7) is 10.2. The molecule has 80 heavy (non-hydrogen) atoms. The van der Waals surface area contributed by atoms with E-state index >= 15 is 0 Å². The zero-order valence-corrected chi connectivity index (χ0v) is 46.9. The molecule has 4 heterocycles. The molecule has 1 N–H and O–H groups in total. The molecule has 0 bridgehead atoms. The van der Waals surface area contributed by atoms with E-state index in [0.717, 1.165) is 62.0 Å². The van der Waals surface area contributed by atoms with Crippen LogP contribution in [0.4, 0.5) is 0 Å². The first kappa shape index (κ1) is 56.0. The molecule has 408 valence electrons. The number of carbonyl (C=O) groups is 2. The first-order valence-corrected chi connectivity index (χ1v) is 28.1. The zero-order chi connectivity index (χ0) is 55.9. The molecule has 6 aromatic carbocycles. The number of aromatic nitrogens is 2. The summed E-state index contributed by atoms with van der Waals surface area (Å²) in [5, 5.41) is 14.0. The maximum absolute atomic E-state index is 12.8. The number of para-hydroxylation sites is 2. The number of aryl methyl sites for hydroxylation is 2. The van der Waals surface area contributed by atoms with Gasteiger partial charge in [0.2, 0.25) is 23.0 Å². The van der Waals surface area contributed by atoms with Crippen molar-refractivity contribution in [3.63, 3.8) is 0 Å². The molecular formula is C66H62N2O10S2. The van der Waals surface area contributed by atoms with Gasteiger partial charge in [0.15, 0.2) is 0 Å². The molecule has 2 atom stereocenters. The number of carboxylic acid groups (broad SMARTS) is 1. The van der Waals surface area contributed by atoms with Crippen LogP contribution in [-0.2, 0) is 40.0 Å². The van der Waals surface area contributed by atoms with Gasteiger partial charge in [0, 0.05) is 46.6 Å². The van der Waals surface area contributed by atoms with Crippen LogP contribution in [0.5, 0.6) is 23.0 Å². The minimum atomic E-state index is -1.39. The summed E-state index contributed by atoms with van der Waals surface area (Å²) >= 11 is 3.41. The molecule has 0 aliphatic carbocycles. The first-order valence-electron chi connectivity index (χ1n) is 26.4. The summed E-state index contributed by atoms with van der Waals surface area (Å²) in [6.07, 6.45) is 1.79. The van der Waals surface area contributed by atoms with Crippen molar-refractivity contribution >= 4 is 34.6 Å². The SMILES string of the molecule is CCOC(=O)C(C)(Cc1ccc(OCCc2nc(-c3cccc(-c4cccs4)c3)oc2C)cc1)Oc1ccccc1.Cc1oc(-c2cccc(-c3cccs3)c2)nc1CCOc1ccc(CC(C)(Oc2ccccc2)C(=O)O)cc1. The van der Waals surface area contributed by atoms with Crippen LogP contribution in [0.2, 0.25) is 0 Å². The van der Waals surface area contributed by atoms with Crippen LogP contribution in [-0.4, -0.2) is 58.0 Å². The summed E-state index contributed by atoms with van der Waals surface area (Å²) in [4.78, 5) is 36.7. The van der Waals surface area contributed by atoms with Crippen molar-refractivity contribution in [2.75, 3.05) is 19.8 Å². The summed E-state index contributed by atoms with van der Waals surface area (Å²) < 4.78 is 41.2. The predicted octanol–water partition coefficient (Wildman–Crippen LogP) is 15.4. The number of hydrogen-bond donors (Lipinski definition) is 1. The summed E-state index contributed by atoms with van der Waals surface area (Å²) in [5.41, 5.74) is 5.14. The van der Waals surface area contributed by atoms with E-state index in [1.807, 2.05) is 141 Å². The lowest BCUT2D eigenvalue weighted by atomic mass is 9.96. The van der Waals surface area contributed by atoms with Gasteiger partial charge in [-0.25, -0.2) is 19.6 Å². The second-order valence-corrected chi connectivity index (χ2v) is 21.2. The molecule has 0 aliphatic rings. The van der Waals surface area contributed by atoms with Crippen molar-refractivity contribution < 1.29 is 47.2 Å². The standard InChI is InChI=1S/C34H33NO5S.C32H29NO5S/c1-4-37-33(36)34(3,40-29-12-6-5-7-13-29)23-25-15-17-28(18-16-25)38-20-19-30-24(2)39-32(35-30)27-11-8-10-26(22-27)31-14-9-21-41-31;1-22-28(33-30(37-22)25-9-6-8-24(20-25)29-12-7-19-39-29)17-18-36-26-15-13-23(14-16-26)21-32(2,31(34)35)38-27-10-4-3-5-11-27/h5-18,21-22H,4,19-20,23H2,1-3H3;3-16,19-20H,17-18,21H2,1-2H3,(H,34,35). The third-order valence-corrected chi connectivity index (χ3v) is 14.9. The minimum absolute atomic E-state index is 0.214. The highest BCUT2D eigenvalue weighted by atomic mass is 32.1. The molecule has 12 nitrogen and oxygen atoms in total. The van der Waals surface area contributed by atoms with Gasteiger partial charge in [-0.2, -0.15) is 0 Å². The molecule has 0 amide bonds. The molecule has 2 unspecified atom stereocenters. The Hall–Kier alpha value is -8.72. The lowest BCUT2D eigenvalue weighted by Gasteiger charge is -2.28. The number of rotatable bonds is 23. The molecule has 0 saturated heterocycles. The fraction of sp³-hybridized carbons (Fsp3) is 0.212. The van der Waals surface area contributed by atoms with Gasteiger partial charge in [-0.1, -0.05) is 97.1 Å². The largest absolute Gasteiger partial charge is 0.493 e. The molecule has 4 aromatic heterocycles. The Balaban J connectivity index is 0.000000194. The highest BCUT2D eigenvalue weighted by molar-refractivity contribution is 7.13. The molecule has 10 rings (SSSR count). The third-order valence-electron chi connectivity index (χ3n) is 13.1. The Morgan fingerprint density at radius 3 is 1.35 bits per heavy atom. The van der Waals surface area contributed by atoms with E-state index < -0.39 is 23.1 Å². The Kier molecular flexibility index (Phi) is 18.4. The first-order chi connectivity index (χ1) is 38.8. The third kappa shape index (κ3) is 14.7. The van der Waals surface area contributed by atoms with Gasteiger partial charge in [-0.3, -0.25) is 0 Å². The van der Waals surface area contributed by atoms with E-state index in [9.17, 15) is 14.7 Å². The fourth-order valence-corrected chi connectivity index (χ4v) is 10.3. The van der Waals surface area contributed by atoms with Gasteiger partial charge in [0.25, 0.3) is 0 Å². The average Bonchev–Trinajstić information content (AvgIpc) is 4.35. The minimum Gasteiger partial charge on any atom is -0.493 e. The Labute approximate surface area is 474 Å². The topological polar surface area (TPSA) is 153 Å². The van der Waals surface area contributed by atoms with Gasteiger partial charge in [-0.15, -0.1) is 22.7 Å². The number of hydrogen-bond acceptors (Lipinski definition) is 13. The van der Waals surface area contributed by atoms with E-state index in [1.54, 1.807) is 55.6 Å². The van der Waals surface area contributed by atoms with Crippen LogP contribution in [0.1, 0.15) is 54.8 Å². The van der Waals surface area contributed by atoms with Gasteiger partial charge < -0.3 is 37.6 Å². The number of oxazole rings is 2. The fourth-order valence-electron chi connectivity index (χ4n) is 8.87. The number of thiophene rings is 2. The van der Waals surface area contributed by atoms with Crippen LogP contribution >= 0.6 is 22.7 Å². The lowest BCUT2D eigenvalue weighted by Crippen LogP contribution is -2.45. The lowest BCUT2D eigenvalue weighted by molar-refractivity contribution is -0.160. The highest BCUT2D eigenvalue weighted by Crippen LogP contribution is 2.33. The number of nitrogens with zero attached hydrogens (tertiary/aromatic N) is 2. The quantitative estimate of drug-likeness (QED) is 0.0607. The predicted molar refractivity (Wildman–Crippen MR) is 314 cm³/mol. The normalized spacial score (nSPS) is 12.5. The number of carboxylic acids is 1. The second-order valence-electron chi connectivity index (χ2n) is 19.3. The Morgan fingerprint density at radius 2 is 0.938 bits per heavy atom. The summed E-state index contributed by atoms with van der Waals surface area (Å²) in [5.74, 6) is 3.93. The number of benzene rings is 6. The van der Waals surface area contributed by atoms with E-state index in [4.69, 9.17) is 42.5 Å². The maximum Gasteiger partial charge on any atom is 0.350 e. The molecule has 14 heteroatoms. The van der Waals surface area contributed by atoms with Crippen LogP contribution < -0.4 is 18.9 Å². The van der Waals surface area contributed by atoms with E-state index in [0.29, 0.717) is 61.5 Å². The zero-order valence-electron chi connectivity index (χ0n) is 45.3. The monoisotopic (exact) mass is 1110 g/mol. The highest BCUT2D eigenvalue weighted by Gasteiger charge is 2.38. The molecule has 10 aromatic rings. The molecule has 0 aliphatic heterocycles. The van der Waals surface area contributed by atoms with Crippen molar-refractivity contribution in [1.82, 2.24) is 9.97 Å². The van der Waals surface area contributed by atoms with Crippen molar-refractivity contribution in [3.05, 3.63) is 227 Å². The van der Waals surface area contributed by atoms with Crippen LogP contribution in [0.3, 0.4) is 0 Å². The molecule has 0 spiro atoms. The van der Waals surface area contributed by atoms with Gasteiger partial charge in [-0.05, 0) is 153 Å². The Bertz CT molecular complexity index is 3560. The number of ether oxygens (including phenoxy) is 5. The van der Waals surface area contributed by atoms with Gasteiger partial charge >= 0.3 is 11.9 Å². The smallest absolute Gasteiger partial charge is 0.350 e. The van der Waals surface area contributed by atoms with E-state index in [-0.39, 0.29) is 13.0 Å². The van der Waals surface area contributed by atoms with Crippen LogP contribution in [0, 0.1) is 13.8 Å². The van der Waals surface area contributed by atoms with Crippen molar-refractivity contribution in [2.45, 2.75) is 71.5 Å². The molecule has 0 saturated carbocycles. The second kappa shape index (κ2) is 26.3. The summed E-state index contributed by atoms with van der Waals surface area (Å²) in [7, 11) is 0. The number of aliphatic carboxylic acids is 1. The van der Waals surface area contributed by atoms with Crippen LogP contribution in [0.15, 0.2) is 202 Å². The molecule has 0 radical (unpaired) electrons. The van der Waals surface area contributed by atoms with Crippen molar-refractivity contribution in [3.8, 4) is 66.8 Å². The van der Waals surface area contributed by atoms with Gasteiger partial charge in [0.05, 0.1) is 31.2 Å². The molecule has 0 fully saturated rings. The van der Waals surface area contributed by atoms with Crippen molar-refractivity contribution in [2.24, 2.45) is 0 Å². The summed E-state index contributed by atoms with van der Waals surface area (Å²) in [6, 6.07) is 58.2. The van der Waals surface area contributed by atoms with E-state index in [1.165, 1.54) is 9.75 Å². The Morgan fingerprint density at radius 1 is 0.512 bits per heavy atom. The molecular weight excluding hydrogens is 1040 g/mol. The number of carbonyl (C=O) groups excluding carboxylic acids is 1. The van der Waals surface area contributed by atoms with Crippen molar-refractivity contribution in [1.29, 1.82) is 0 Å². The van der Waals surface area contributed by atoms with Crippen LogP contribution in [0.25, 0.3) is 43.8 Å². The average molecular weight is 1110 g/mol. The maximum atomic E-state index is 12.8. The van der Waals surface area contributed by atoms with Gasteiger partial charge in [0.1, 0.15) is 34.5 Å². The number of esters is 1. The van der Waals surface area contributed by atoms with E-state index in [2.05, 4.69) is 53.2 Å².